The highest BCUT2D eigenvalue weighted by Crippen LogP contribution is 2.40. The van der Waals surface area contributed by atoms with Gasteiger partial charge < -0.3 is 13.7 Å². The topological polar surface area (TPSA) is 55.3 Å². The Kier molecular flexibility index (Phi) is 7.01. The molecule has 0 N–H and O–H groups in total. The van der Waals surface area contributed by atoms with Gasteiger partial charge in [-0.3, -0.25) is 0 Å². The third-order valence-electron chi connectivity index (χ3n) is 11.2. The van der Waals surface area contributed by atoms with Crippen molar-refractivity contribution in [2.75, 3.05) is 4.90 Å². The molecule has 0 fully saturated rings. The summed E-state index contributed by atoms with van der Waals surface area (Å²) in [7, 11) is 0. The molecule has 0 aliphatic rings. The zero-order valence-corrected chi connectivity index (χ0v) is 31.6. The van der Waals surface area contributed by atoms with E-state index in [1.807, 2.05) is 97.1 Å². The van der Waals surface area contributed by atoms with Gasteiger partial charge in [-0.2, -0.15) is 0 Å². The molecule has 0 saturated heterocycles. The minimum atomic E-state index is 0.348. The smallest absolute Gasteiger partial charge is 0.227 e. The van der Waals surface area contributed by atoms with Crippen molar-refractivity contribution in [2.45, 2.75) is 0 Å². The van der Waals surface area contributed by atoms with E-state index in [1.54, 1.807) is 0 Å². The van der Waals surface area contributed by atoms with Crippen molar-refractivity contribution < 1.29 is 11.6 Å². The molecule has 12 rings (SSSR count). The first-order chi connectivity index (χ1) is 30.0. The number of nitrogens with zero attached hydrogens (tertiary/aromatic N) is 3. The standard InChI is InChI=1S/C54H33N3O2/c1-2-8-35-27-36(14-13-34(35)7-1)37-15-16-41-31-46(24-21-38(41)28-37)57(47-25-22-39-29-44(19-17-42(39)32-47)53-55-49-9-3-5-11-51(49)58-53)48-26-23-40-30-45(20-18-43(40)33-48)54-56-50-10-4-6-12-52(50)59-54/h1-33H/i16D,21D. The number of benzene rings is 10. The molecule has 276 valence electrons. The molecule has 0 amide bonds. The van der Waals surface area contributed by atoms with Crippen LogP contribution in [0.25, 0.3) is 99.3 Å². The maximum atomic E-state index is 9.42. The molecule has 0 aliphatic heterocycles. The van der Waals surface area contributed by atoms with Crippen LogP contribution in [0.3, 0.4) is 0 Å². The SMILES string of the molecule is [2H]c1cc(N(c2ccc3cc(-c4nc5ccccc5o4)ccc3c2)c2ccc3cc(-c4nc5ccccc5o4)ccc3c2)cc2c([2H])cc(-c3ccc4ccccc4c3)cc12. The van der Waals surface area contributed by atoms with Gasteiger partial charge in [0.2, 0.25) is 11.8 Å². The Morgan fingerprint density at radius 1 is 0.339 bits per heavy atom. The van der Waals surface area contributed by atoms with Crippen LogP contribution in [0.2, 0.25) is 0 Å². The summed E-state index contributed by atoms with van der Waals surface area (Å²) in [6, 6.07) is 64.1. The van der Waals surface area contributed by atoms with E-state index in [-0.39, 0.29) is 0 Å². The van der Waals surface area contributed by atoms with Crippen LogP contribution in [0.1, 0.15) is 2.74 Å². The molecule has 2 aromatic heterocycles. The molecule has 0 aliphatic carbocycles. The lowest BCUT2D eigenvalue weighted by molar-refractivity contribution is 0.619. The Balaban J connectivity index is 0.979. The van der Waals surface area contributed by atoms with Crippen LogP contribution in [0, 0.1) is 0 Å². The van der Waals surface area contributed by atoms with Crippen molar-refractivity contribution in [2.24, 2.45) is 0 Å². The van der Waals surface area contributed by atoms with Crippen LogP contribution in [-0.2, 0) is 0 Å². The lowest BCUT2D eigenvalue weighted by atomic mass is 9.98. The Labute approximate surface area is 341 Å². The molecule has 0 bridgehead atoms. The van der Waals surface area contributed by atoms with Gasteiger partial charge in [-0.25, -0.2) is 9.97 Å². The molecule has 0 radical (unpaired) electrons. The van der Waals surface area contributed by atoms with Gasteiger partial charge in [0.15, 0.2) is 11.2 Å². The molecule has 10 aromatic carbocycles. The molecule has 2 heterocycles. The first-order valence-corrected chi connectivity index (χ1v) is 19.6. The molecule has 59 heavy (non-hydrogen) atoms. The summed E-state index contributed by atoms with van der Waals surface area (Å²) >= 11 is 0. The second-order valence-corrected chi connectivity index (χ2v) is 14.9. The number of aromatic nitrogens is 2. The number of rotatable bonds is 6. The fraction of sp³-hybridized carbons (Fsp3) is 0. The van der Waals surface area contributed by atoms with Gasteiger partial charge in [0, 0.05) is 28.2 Å². The number of oxazole rings is 2. The zero-order chi connectivity index (χ0) is 40.6. The largest absolute Gasteiger partial charge is 0.436 e. The number of anilines is 3. The fourth-order valence-electron chi connectivity index (χ4n) is 8.20. The highest BCUT2D eigenvalue weighted by molar-refractivity contribution is 5.98. The van der Waals surface area contributed by atoms with Crippen LogP contribution >= 0.6 is 0 Å². The minimum Gasteiger partial charge on any atom is -0.436 e. The number of para-hydroxylation sites is 4. The lowest BCUT2D eigenvalue weighted by Gasteiger charge is -2.26. The average Bonchev–Trinajstić information content (AvgIpc) is 3.94. The van der Waals surface area contributed by atoms with E-state index >= 15 is 0 Å². The monoisotopic (exact) mass is 757 g/mol. The third-order valence-corrected chi connectivity index (χ3v) is 11.2. The molecular weight excluding hydrogens is 723 g/mol. The van der Waals surface area contributed by atoms with Gasteiger partial charge in [-0.1, -0.05) is 103 Å². The van der Waals surface area contributed by atoms with Crippen molar-refractivity contribution >= 4 is 82.4 Å². The quantitative estimate of drug-likeness (QED) is 0.169. The van der Waals surface area contributed by atoms with Crippen LogP contribution in [0.5, 0.6) is 0 Å². The summed E-state index contributed by atoms with van der Waals surface area (Å²) in [5.41, 5.74) is 9.53. The highest BCUT2D eigenvalue weighted by atomic mass is 16.4. The summed E-state index contributed by atoms with van der Waals surface area (Å²) in [4.78, 5) is 11.6. The second kappa shape index (κ2) is 13.3. The first-order valence-electron chi connectivity index (χ1n) is 20.6. The van der Waals surface area contributed by atoms with Gasteiger partial charge in [-0.05, 0) is 151 Å². The van der Waals surface area contributed by atoms with Gasteiger partial charge in [0.1, 0.15) is 11.0 Å². The molecule has 0 saturated carbocycles. The first kappa shape index (κ1) is 31.1. The van der Waals surface area contributed by atoms with Gasteiger partial charge in [-0.15, -0.1) is 0 Å². The number of hydrogen-bond donors (Lipinski definition) is 0. The van der Waals surface area contributed by atoms with Crippen molar-refractivity contribution in [1.29, 1.82) is 0 Å². The van der Waals surface area contributed by atoms with Gasteiger partial charge >= 0.3 is 0 Å². The Morgan fingerprint density at radius 3 is 1.39 bits per heavy atom. The zero-order valence-electron chi connectivity index (χ0n) is 33.6. The summed E-state index contributed by atoms with van der Waals surface area (Å²) < 4.78 is 30.9. The molecule has 0 unspecified atom stereocenters. The molecule has 0 atom stereocenters. The summed E-state index contributed by atoms with van der Waals surface area (Å²) in [5, 5.41) is 7.92. The Hall–Kier alpha value is -8.02. The van der Waals surface area contributed by atoms with Crippen molar-refractivity contribution in [1.82, 2.24) is 9.97 Å². The van der Waals surface area contributed by atoms with Gasteiger partial charge in [0.25, 0.3) is 0 Å². The van der Waals surface area contributed by atoms with E-state index in [0.29, 0.717) is 29.3 Å². The molecule has 5 nitrogen and oxygen atoms in total. The van der Waals surface area contributed by atoms with E-state index in [2.05, 4.69) is 95.9 Å². The summed E-state index contributed by atoms with van der Waals surface area (Å²) in [5.74, 6) is 1.16. The predicted octanol–water partition coefficient (Wildman–Crippen LogP) is 15.1. The lowest BCUT2D eigenvalue weighted by Crippen LogP contribution is -2.10. The number of fused-ring (bicyclic) bond motifs is 6. The second-order valence-electron chi connectivity index (χ2n) is 14.9. The van der Waals surface area contributed by atoms with Crippen molar-refractivity contribution in [3.8, 4) is 34.0 Å². The molecule has 0 spiro atoms. The van der Waals surface area contributed by atoms with Crippen LogP contribution in [0.15, 0.2) is 209 Å². The van der Waals surface area contributed by atoms with Crippen LogP contribution in [0.4, 0.5) is 17.1 Å². The summed E-state index contributed by atoms with van der Waals surface area (Å²) in [6.45, 7) is 0. The van der Waals surface area contributed by atoms with E-state index in [9.17, 15) is 2.74 Å². The number of hydrogen-bond acceptors (Lipinski definition) is 5. The fourth-order valence-corrected chi connectivity index (χ4v) is 8.20. The predicted molar refractivity (Wildman–Crippen MR) is 243 cm³/mol. The van der Waals surface area contributed by atoms with Crippen LogP contribution < -0.4 is 4.90 Å². The maximum Gasteiger partial charge on any atom is 0.227 e. The average molecular weight is 758 g/mol. The van der Waals surface area contributed by atoms with Crippen molar-refractivity contribution in [3.05, 3.63) is 200 Å². The molecule has 5 heteroatoms. The normalized spacial score (nSPS) is 12.2. The Bertz CT molecular complexity index is 3500. The van der Waals surface area contributed by atoms with Gasteiger partial charge in [0.05, 0.1) is 2.74 Å². The minimum absolute atomic E-state index is 0.348. The Morgan fingerprint density at radius 2 is 0.746 bits per heavy atom. The van der Waals surface area contributed by atoms with E-state index in [1.165, 1.54) is 5.39 Å². The highest BCUT2D eigenvalue weighted by Gasteiger charge is 2.17. The van der Waals surface area contributed by atoms with E-state index in [0.717, 1.165) is 93.8 Å². The van der Waals surface area contributed by atoms with Crippen LogP contribution in [-0.4, -0.2) is 9.97 Å². The van der Waals surface area contributed by atoms with E-state index < -0.39 is 0 Å². The summed E-state index contributed by atoms with van der Waals surface area (Å²) in [6.07, 6.45) is 0. The van der Waals surface area contributed by atoms with E-state index in [4.69, 9.17) is 18.8 Å². The molecule has 12 aromatic rings. The molecular formula is C54H33N3O2. The van der Waals surface area contributed by atoms with Crippen molar-refractivity contribution in [3.63, 3.8) is 0 Å². The third kappa shape index (κ3) is 5.87. The maximum absolute atomic E-state index is 9.42.